The van der Waals surface area contributed by atoms with Gasteiger partial charge in [-0.25, -0.2) is 8.78 Å². The number of ether oxygens (including phenoxy) is 1. The quantitative estimate of drug-likeness (QED) is 0.306. The molecular formula is C35H45F2NO5. The van der Waals surface area contributed by atoms with Gasteiger partial charge in [-0.1, -0.05) is 13.0 Å². The molecule has 0 aliphatic carbocycles. The van der Waals surface area contributed by atoms with Crippen LogP contribution in [-0.4, -0.2) is 48.8 Å². The Hall–Kier alpha value is -3.78. The number of hydrogen-bond acceptors (Lipinski definition) is 5. The lowest BCUT2D eigenvalue weighted by Gasteiger charge is -2.25. The minimum absolute atomic E-state index is 0.116. The molecule has 0 bridgehead atoms. The number of aliphatic hydroxyl groups is 1. The molecule has 0 saturated heterocycles. The average Bonchev–Trinajstić information content (AvgIpc) is 3.30. The number of anilines is 1. The molecule has 0 saturated carbocycles. The lowest BCUT2D eigenvalue weighted by atomic mass is 9.84. The first-order chi connectivity index (χ1) is 20.2. The maximum Gasteiger partial charge on any atom is 0.290 e. The van der Waals surface area contributed by atoms with Crippen LogP contribution >= 0.6 is 0 Å². The van der Waals surface area contributed by atoms with E-state index in [0.29, 0.717) is 18.6 Å². The van der Waals surface area contributed by atoms with Crippen molar-refractivity contribution in [2.24, 2.45) is 0 Å². The van der Waals surface area contributed by atoms with Crippen LogP contribution in [0.25, 0.3) is 11.1 Å². The number of aldehydes is 1. The molecule has 0 aromatic heterocycles. The van der Waals surface area contributed by atoms with E-state index in [9.17, 15) is 13.6 Å². The van der Waals surface area contributed by atoms with Crippen molar-refractivity contribution in [3.8, 4) is 16.9 Å². The van der Waals surface area contributed by atoms with E-state index in [1.807, 2.05) is 0 Å². The van der Waals surface area contributed by atoms with E-state index in [4.69, 9.17) is 19.7 Å². The SMILES string of the molecule is CC(C)(C)O.CCc1c(C)cc2c(c1-c1cc(F)c3c(c1C)CCCO3)CCN2C.Cc1ccc(C=O)c(F)c1.O=CO. The van der Waals surface area contributed by atoms with Crippen molar-refractivity contribution in [1.29, 1.82) is 0 Å². The number of hydrogen-bond donors (Lipinski definition) is 2. The van der Waals surface area contributed by atoms with Gasteiger partial charge in [0.2, 0.25) is 0 Å². The zero-order valence-electron chi connectivity index (χ0n) is 26.6. The Balaban J connectivity index is 0.000000295. The van der Waals surface area contributed by atoms with E-state index in [2.05, 4.69) is 38.8 Å². The molecule has 43 heavy (non-hydrogen) atoms. The molecule has 0 radical (unpaired) electrons. The number of benzene rings is 3. The van der Waals surface area contributed by atoms with E-state index < -0.39 is 11.4 Å². The van der Waals surface area contributed by atoms with Gasteiger partial charge >= 0.3 is 0 Å². The van der Waals surface area contributed by atoms with Crippen molar-refractivity contribution >= 4 is 18.4 Å². The Morgan fingerprint density at radius 2 is 1.63 bits per heavy atom. The number of carboxylic acid groups (broad SMARTS) is 1. The zero-order chi connectivity index (χ0) is 32.5. The number of fused-ring (bicyclic) bond motifs is 2. The first-order valence-corrected chi connectivity index (χ1v) is 14.5. The largest absolute Gasteiger partial charge is 0.490 e. The number of likely N-dealkylation sites (N-methyl/N-ethyl adjacent to an activating group) is 1. The lowest BCUT2D eigenvalue weighted by molar-refractivity contribution is -0.122. The molecule has 234 valence electrons. The second-order valence-electron chi connectivity index (χ2n) is 11.8. The van der Waals surface area contributed by atoms with Gasteiger partial charge < -0.3 is 19.8 Å². The van der Waals surface area contributed by atoms with Gasteiger partial charge in [-0.2, -0.15) is 0 Å². The van der Waals surface area contributed by atoms with E-state index in [1.165, 1.54) is 45.6 Å². The van der Waals surface area contributed by atoms with Gasteiger partial charge in [0.25, 0.3) is 6.47 Å². The summed E-state index contributed by atoms with van der Waals surface area (Å²) in [6.07, 6.45) is 4.37. The van der Waals surface area contributed by atoms with E-state index in [1.54, 1.807) is 39.8 Å². The summed E-state index contributed by atoms with van der Waals surface area (Å²) in [7, 11) is 2.15. The molecule has 3 aromatic rings. The van der Waals surface area contributed by atoms with Crippen LogP contribution < -0.4 is 9.64 Å². The predicted octanol–water partition coefficient (Wildman–Crippen LogP) is 7.41. The Morgan fingerprint density at radius 1 is 1.00 bits per heavy atom. The summed E-state index contributed by atoms with van der Waals surface area (Å²) in [5, 5.41) is 15.4. The van der Waals surface area contributed by atoms with Crippen LogP contribution in [0.15, 0.2) is 30.3 Å². The van der Waals surface area contributed by atoms with E-state index >= 15 is 0 Å². The van der Waals surface area contributed by atoms with Crippen molar-refractivity contribution < 1.29 is 33.3 Å². The fraction of sp³-hybridized carbons (Fsp3) is 0.429. The van der Waals surface area contributed by atoms with Crippen LogP contribution in [0.2, 0.25) is 0 Å². The molecule has 0 unspecified atom stereocenters. The first-order valence-electron chi connectivity index (χ1n) is 14.5. The standard InChI is InChI=1S/C22H26FNO.C8H7FO.C4H10O.CH2O2/c1-5-15-13(2)11-20-17(8-9-24(20)4)21(15)18-12-19(23)22-16(14(18)3)7-6-10-25-22;1-6-2-3-7(5-10)8(9)4-6;1-4(2,3)5;2-1-3/h11-12H,5-10H2,1-4H3;2-5H,1H3;5H,1-3H3;1H,(H,2,3). The molecule has 0 fully saturated rings. The third-order valence-corrected chi connectivity index (χ3v) is 7.19. The van der Waals surface area contributed by atoms with Crippen LogP contribution in [0.4, 0.5) is 14.5 Å². The van der Waals surface area contributed by atoms with Gasteiger partial charge in [0.05, 0.1) is 17.8 Å². The summed E-state index contributed by atoms with van der Waals surface area (Å²) < 4.78 is 33.1. The highest BCUT2D eigenvalue weighted by Gasteiger charge is 2.27. The summed E-state index contributed by atoms with van der Waals surface area (Å²) in [5.41, 5.74) is 10.4. The summed E-state index contributed by atoms with van der Waals surface area (Å²) >= 11 is 0. The molecule has 0 atom stereocenters. The van der Waals surface area contributed by atoms with Crippen LogP contribution in [0, 0.1) is 32.4 Å². The molecule has 6 nitrogen and oxygen atoms in total. The fourth-order valence-corrected chi connectivity index (χ4v) is 5.31. The van der Waals surface area contributed by atoms with Gasteiger partial charge in [-0.15, -0.1) is 0 Å². The van der Waals surface area contributed by atoms with Crippen LogP contribution in [0.3, 0.4) is 0 Å². The Morgan fingerprint density at radius 3 is 2.19 bits per heavy atom. The van der Waals surface area contributed by atoms with Crippen LogP contribution in [-0.2, 0) is 24.1 Å². The highest BCUT2D eigenvalue weighted by atomic mass is 19.1. The molecule has 0 amide bonds. The molecular weight excluding hydrogens is 552 g/mol. The van der Waals surface area contributed by atoms with Crippen molar-refractivity contribution in [3.05, 3.63) is 80.9 Å². The van der Waals surface area contributed by atoms with Gasteiger partial charge in [-0.05, 0) is 130 Å². The predicted molar refractivity (Wildman–Crippen MR) is 169 cm³/mol. The zero-order valence-corrected chi connectivity index (χ0v) is 26.6. The third kappa shape index (κ3) is 9.35. The fourth-order valence-electron chi connectivity index (χ4n) is 5.31. The Kier molecular flexibility index (Phi) is 12.9. The van der Waals surface area contributed by atoms with Crippen molar-refractivity contribution in [1.82, 2.24) is 0 Å². The second kappa shape index (κ2) is 15.6. The molecule has 0 spiro atoms. The first kappa shape index (κ1) is 35.4. The molecule has 3 aromatic carbocycles. The molecule has 5 rings (SSSR count). The van der Waals surface area contributed by atoms with Crippen LogP contribution in [0.1, 0.15) is 77.9 Å². The lowest BCUT2D eigenvalue weighted by Crippen LogP contribution is -2.13. The van der Waals surface area contributed by atoms with Gasteiger partial charge in [0, 0.05) is 24.8 Å². The normalized spacial score (nSPS) is 13.0. The number of nitrogens with zero attached hydrogens (tertiary/aromatic N) is 1. The third-order valence-electron chi connectivity index (χ3n) is 7.19. The Labute approximate surface area is 254 Å². The van der Waals surface area contributed by atoms with Gasteiger partial charge in [0.15, 0.2) is 17.9 Å². The molecule has 2 aliphatic rings. The van der Waals surface area contributed by atoms with Crippen molar-refractivity contribution in [2.45, 2.75) is 79.8 Å². The smallest absolute Gasteiger partial charge is 0.290 e. The second-order valence-corrected chi connectivity index (χ2v) is 11.8. The monoisotopic (exact) mass is 597 g/mol. The molecule has 8 heteroatoms. The van der Waals surface area contributed by atoms with E-state index in [0.717, 1.165) is 48.9 Å². The topological polar surface area (TPSA) is 87.1 Å². The summed E-state index contributed by atoms with van der Waals surface area (Å²) in [6, 6.07) is 8.53. The summed E-state index contributed by atoms with van der Waals surface area (Å²) in [4.78, 5) is 20.8. The number of aryl methyl sites for hydroxylation is 2. The summed E-state index contributed by atoms with van der Waals surface area (Å²) in [6.45, 7) is 14.9. The van der Waals surface area contributed by atoms with E-state index in [-0.39, 0.29) is 17.9 Å². The molecule has 2 heterocycles. The van der Waals surface area contributed by atoms with Crippen molar-refractivity contribution in [3.63, 3.8) is 0 Å². The number of rotatable bonds is 3. The Bertz CT molecular complexity index is 1420. The highest BCUT2D eigenvalue weighted by Crippen LogP contribution is 2.44. The molecule has 2 aliphatic heterocycles. The average molecular weight is 598 g/mol. The molecule has 2 N–H and O–H groups in total. The highest BCUT2D eigenvalue weighted by molar-refractivity contribution is 5.83. The number of halogens is 2. The number of carbonyl (C=O) groups excluding carboxylic acids is 1. The maximum atomic E-state index is 14.8. The van der Waals surface area contributed by atoms with Crippen molar-refractivity contribution in [2.75, 3.05) is 25.1 Å². The maximum absolute atomic E-state index is 14.8. The minimum atomic E-state index is -0.500. The summed E-state index contributed by atoms with van der Waals surface area (Å²) in [5.74, 6) is -0.180. The van der Waals surface area contributed by atoms with Gasteiger partial charge in [0.1, 0.15) is 5.82 Å². The minimum Gasteiger partial charge on any atom is -0.490 e. The number of carbonyl (C=O) groups is 2. The van der Waals surface area contributed by atoms with Crippen LogP contribution in [0.5, 0.6) is 5.75 Å². The van der Waals surface area contributed by atoms with Gasteiger partial charge in [-0.3, -0.25) is 9.59 Å².